The number of benzene rings is 2. The Morgan fingerprint density at radius 3 is 1.39 bits per heavy atom. The minimum absolute atomic E-state index is 0.0303. The molecule has 6 amide bonds. The third kappa shape index (κ3) is 8.40. The lowest BCUT2D eigenvalue weighted by Gasteiger charge is -2.15. The quantitative estimate of drug-likeness (QED) is 0.265. The van der Waals surface area contributed by atoms with Crippen molar-refractivity contribution in [1.29, 1.82) is 0 Å². The fourth-order valence-corrected chi connectivity index (χ4v) is 5.14. The van der Waals surface area contributed by atoms with Crippen LogP contribution in [0.1, 0.15) is 25.7 Å². The van der Waals surface area contributed by atoms with Gasteiger partial charge in [0, 0.05) is 73.1 Å². The van der Waals surface area contributed by atoms with Gasteiger partial charge in [-0.2, -0.15) is 0 Å². The molecular formula is C32H36N8O4. The summed E-state index contributed by atoms with van der Waals surface area (Å²) < 4.78 is 0. The monoisotopic (exact) mass is 596 g/mol. The molecule has 4 heterocycles. The van der Waals surface area contributed by atoms with Gasteiger partial charge in [-0.15, -0.1) is 0 Å². The molecule has 6 rings (SSSR count). The molecule has 2 aliphatic rings. The molecule has 2 aromatic heterocycles. The molecule has 0 bridgehead atoms. The van der Waals surface area contributed by atoms with E-state index >= 15 is 0 Å². The number of rotatable bonds is 6. The molecule has 12 nitrogen and oxygen atoms in total. The van der Waals surface area contributed by atoms with Crippen LogP contribution in [-0.4, -0.2) is 82.9 Å². The first-order valence-electron chi connectivity index (χ1n) is 14.8. The number of carbonyl (C=O) groups is 4. The van der Waals surface area contributed by atoms with Crippen molar-refractivity contribution in [3.8, 4) is 0 Å². The highest BCUT2D eigenvalue weighted by molar-refractivity contribution is 5.96. The number of anilines is 2. The van der Waals surface area contributed by atoms with Crippen molar-refractivity contribution >= 4 is 56.8 Å². The van der Waals surface area contributed by atoms with E-state index in [0.717, 1.165) is 73.4 Å². The standard InChI is InChI=1S/2C16H18N4O2/c2*21-15(20-7-1-2-8-20)11-18-16(22)19-14-4-3-13-10-17-6-5-12(13)9-14/h2*3-6,9-10H,1-2,7-8,11H2,(H2,18,19,22). The van der Waals surface area contributed by atoms with Gasteiger partial charge in [-0.1, -0.05) is 12.1 Å². The number of amides is 6. The third-order valence-electron chi connectivity index (χ3n) is 7.51. The number of fused-ring (bicyclic) bond motifs is 2. The molecule has 2 fully saturated rings. The lowest BCUT2D eigenvalue weighted by molar-refractivity contribution is -0.129. The molecule has 0 spiro atoms. The second-order valence-corrected chi connectivity index (χ2v) is 10.7. The van der Waals surface area contributed by atoms with Gasteiger partial charge in [-0.3, -0.25) is 19.6 Å². The maximum absolute atomic E-state index is 11.9. The van der Waals surface area contributed by atoms with Crippen LogP contribution in [0.2, 0.25) is 0 Å². The highest BCUT2D eigenvalue weighted by Crippen LogP contribution is 2.19. The van der Waals surface area contributed by atoms with Gasteiger partial charge < -0.3 is 31.1 Å². The summed E-state index contributed by atoms with van der Waals surface area (Å²) in [5, 5.41) is 14.7. The van der Waals surface area contributed by atoms with Gasteiger partial charge in [0.1, 0.15) is 0 Å². The predicted octanol–water partition coefficient (Wildman–Crippen LogP) is 3.96. The summed E-state index contributed by atoms with van der Waals surface area (Å²) in [5.41, 5.74) is 1.37. The van der Waals surface area contributed by atoms with Crippen molar-refractivity contribution in [3.63, 3.8) is 0 Å². The number of likely N-dealkylation sites (tertiary alicyclic amines) is 2. The van der Waals surface area contributed by atoms with Crippen molar-refractivity contribution in [1.82, 2.24) is 30.4 Å². The smallest absolute Gasteiger partial charge is 0.319 e. The molecule has 2 saturated heterocycles. The van der Waals surface area contributed by atoms with E-state index in [2.05, 4.69) is 31.2 Å². The Kier molecular flexibility index (Phi) is 10.1. The van der Waals surface area contributed by atoms with E-state index in [1.54, 1.807) is 34.6 Å². The Hall–Kier alpha value is -5.26. The van der Waals surface area contributed by atoms with Crippen LogP contribution in [0, 0.1) is 0 Å². The number of pyridine rings is 2. The zero-order valence-electron chi connectivity index (χ0n) is 24.4. The number of hydrogen-bond acceptors (Lipinski definition) is 6. The van der Waals surface area contributed by atoms with Crippen molar-refractivity contribution in [3.05, 3.63) is 73.3 Å². The fraction of sp³-hybridized carbons (Fsp3) is 0.312. The Morgan fingerprint density at radius 1 is 0.568 bits per heavy atom. The molecule has 12 heteroatoms. The van der Waals surface area contributed by atoms with E-state index in [4.69, 9.17) is 0 Å². The first kappa shape index (κ1) is 30.2. The second kappa shape index (κ2) is 14.8. The maximum Gasteiger partial charge on any atom is 0.319 e. The Bertz CT molecular complexity index is 1510. The van der Waals surface area contributed by atoms with Gasteiger partial charge in [-0.05, 0) is 72.9 Å². The number of nitrogens with one attached hydrogen (secondary N) is 4. The summed E-state index contributed by atoms with van der Waals surface area (Å²) in [6.45, 7) is 3.23. The molecule has 0 saturated carbocycles. The molecule has 4 N–H and O–H groups in total. The first-order chi connectivity index (χ1) is 21.4. The van der Waals surface area contributed by atoms with Crippen LogP contribution in [0.3, 0.4) is 0 Å². The Morgan fingerprint density at radius 2 is 0.977 bits per heavy atom. The molecule has 44 heavy (non-hydrogen) atoms. The van der Waals surface area contributed by atoms with Crippen molar-refractivity contribution in [2.75, 3.05) is 49.9 Å². The fourth-order valence-electron chi connectivity index (χ4n) is 5.14. The summed E-state index contributed by atoms with van der Waals surface area (Å²) in [4.78, 5) is 59.1. The summed E-state index contributed by atoms with van der Waals surface area (Å²) in [6, 6.07) is 14.2. The number of nitrogens with zero attached hydrogens (tertiary/aromatic N) is 4. The minimum atomic E-state index is -0.374. The highest BCUT2D eigenvalue weighted by atomic mass is 16.2. The van der Waals surface area contributed by atoms with Crippen LogP contribution < -0.4 is 21.3 Å². The van der Waals surface area contributed by atoms with Crippen molar-refractivity contribution < 1.29 is 19.2 Å². The van der Waals surface area contributed by atoms with Crippen molar-refractivity contribution in [2.24, 2.45) is 0 Å². The third-order valence-corrected chi connectivity index (χ3v) is 7.51. The van der Waals surface area contributed by atoms with Crippen LogP contribution in [0.15, 0.2) is 73.3 Å². The summed E-state index contributed by atoms with van der Waals surface area (Å²) in [6.07, 6.45) is 11.1. The molecule has 4 aromatic rings. The molecule has 0 unspecified atom stereocenters. The summed E-state index contributed by atoms with van der Waals surface area (Å²) in [5.74, 6) is -0.0607. The van der Waals surface area contributed by atoms with Crippen LogP contribution in [0.4, 0.5) is 21.0 Å². The normalized spacial score (nSPS) is 14.1. The number of urea groups is 2. The molecule has 0 aliphatic carbocycles. The average Bonchev–Trinajstić information content (AvgIpc) is 3.79. The lowest BCUT2D eigenvalue weighted by Crippen LogP contribution is -2.40. The van der Waals surface area contributed by atoms with E-state index in [9.17, 15) is 19.2 Å². The van der Waals surface area contributed by atoms with Gasteiger partial charge in [0.2, 0.25) is 11.8 Å². The van der Waals surface area contributed by atoms with Gasteiger partial charge in [0.05, 0.1) is 13.1 Å². The first-order valence-corrected chi connectivity index (χ1v) is 14.8. The Labute approximate surface area is 255 Å². The minimum Gasteiger partial charge on any atom is -0.341 e. The molecule has 2 aromatic carbocycles. The molecule has 2 aliphatic heterocycles. The van der Waals surface area contributed by atoms with Crippen LogP contribution in [0.5, 0.6) is 0 Å². The van der Waals surface area contributed by atoms with Crippen LogP contribution >= 0.6 is 0 Å². The molecular weight excluding hydrogens is 560 g/mol. The Balaban J connectivity index is 0.000000175. The van der Waals surface area contributed by atoms with E-state index in [1.165, 1.54) is 0 Å². The summed E-state index contributed by atoms with van der Waals surface area (Å²) in [7, 11) is 0. The number of aromatic nitrogens is 2. The van der Waals surface area contributed by atoms with Gasteiger partial charge >= 0.3 is 12.1 Å². The van der Waals surface area contributed by atoms with Crippen LogP contribution in [-0.2, 0) is 9.59 Å². The topological polar surface area (TPSA) is 149 Å². The van der Waals surface area contributed by atoms with Gasteiger partial charge in [0.25, 0.3) is 0 Å². The maximum atomic E-state index is 11.9. The van der Waals surface area contributed by atoms with E-state index in [1.807, 2.05) is 48.5 Å². The molecule has 0 atom stereocenters. The zero-order chi connectivity index (χ0) is 30.7. The van der Waals surface area contributed by atoms with Crippen LogP contribution in [0.25, 0.3) is 21.5 Å². The second-order valence-electron chi connectivity index (χ2n) is 10.7. The van der Waals surface area contributed by atoms with Crippen molar-refractivity contribution in [2.45, 2.75) is 25.7 Å². The van der Waals surface area contributed by atoms with E-state index < -0.39 is 0 Å². The summed E-state index contributed by atoms with van der Waals surface area (Å²) >= 11 is 0. The largest absolute Gasteiger partial charge is 0.341 e. The zero-order valence-corrected chi connectivity index (χ0v) is 24.4. The number of hydrogen-bond donors (Lipinski definition) is 4. The van der Waals surface area contributed by atoms with E-state index in [0.29, 0.717) is 11.4 Å². The van der Waals surface area contributed by atoms with Gasteiger partial charge in [0.15, 0.2) is 0 Å². The SMILES string of the molecule is O=C(NCC(=O)N1CCCC1)Nc1ccc2cnccc2c1.O=C(NCC(=O)N1CCCC1)Nc1ccc2cnccc2c1. The number of carbonyl (C=O) groups excluding carboxylic acids is 4. The lowest BCUT2D eigenvalue weighted by atomic mass is 10.1. The average molecular weight is 597 g/mol. The highest BCUT2D eigenvalue weighted by Gasteiger charge is 2.19. The molecule has 228 valence electrons. The predicted molar refractivity (Wildman–Crippen MR) is 169 cm³/mol. The van der Waals surface area contributed by atoms with Gasteiger partial charge in [-0.25, -0.2) is 9.59 Å². The van der Waals surface area contributed by atoms with E-state index in [-0.39, 0.29) is 37.0 Å². The molecule has 0 radical (unpaired) electrons.